The molecule has 96 valence electrons. The molecule has 4 heteroatoms. The molecule has 0 bridgehead atoms. The lowest BCUT2D eigenvalue weighted by molar-refractivity contribution is 0.0463. The third-order valence-electron chi connectivity index (χ3n) is 3.03. The molecule has 0 spiro atoms. The van der Waals surface area contributed by atoms with Crippen molar-refractivity contribution in [3.63, 3.8) is 0 Å². The Morgan fingerprint density at radius 3 is 2.61 bits per heavy atom. The molecule has 0 saturated heterocycles. The fourth-order valence-corrected chi connectivity index (χ4v) is 2.26. The van der Waals surface area contributed by atoms with Crippen molar-refractivity contribution in [1.82, 2.24) is 9.78 Å². The molecule has 4 nitrogen and oxygen atoms in total. The second-order valence-electron chi connectivity index (χ2n) is 4.62. The average Bonchev–Trinajstić information content (AvgIpc) is 2.72. The molecule has 1 N–H and O–H groups in total. The van der Waals surface area contributed by atoms with Gasteiger partial charge in [0.1, 0.15) is 11.3 Å². The molecule has 1 heterocycles. The second kappa shape index (κ2) is 4.82. The Balaban J connectivity index is 2.33. The van der Waals surface area contributed by atoms with Gasteiger partial charge in [0, 0.05) is 13.5 Å². The lowest BCUT2D eigenvalue weighted by Gasteiger charge is -2.24. The van der Waals surface area contributed by atoms with E-state index in [9.17, 15) is 5.11 Å². The number of aryl methyl sites for hydroxylation is 1. The first-order valence-corrected chi connectivity index (χ1v) is 5.87. The molecule has 1 unspecified atom stereocenters. The van der Waals surface area contributed by atoms with Crippen LogP contribution in [0.3, 0.4) is 0 Å². The zero-order valence-corrected chi connectivity index (χ0v) is 10.9. The molecular formula is C14H18N2O2. The largest absolute Gasteiger partial charge is 0.493 e. The summed E-state index contributed by atoms with van der Waals surface area (Å²) in [6.07, 6.45) is 2.14. The molecule has 1 aromatic heterocycles. The van der Waals surface area contributed by atoms with Crippen molar-refractivity contribution in [2.75, 3.05) is 7.11 Å². The Bertz CT molecular complexity index is 518. The fourth-order valence-electron chi connectivity index (χ4n) is 2.26. The highest BCUT2D eigenvalue weighted by atomic mass is 16.5. The third-order valence-corrected chi connectivity index (χ3v) is 3.03. The van der Waals surface area contributed by atoms with Crippen LogP contribution >= 0.6 is 0 Å². The van der Waals surface area contributed by atoms with Crippen molar-refractivity contribution in [2.45, 2.75) is 18.9 Å². The van der Waals surface area contributed by atoms with Crippen molar-refractivity contribution in [3.05, 3.63) is 47.8 Å². The lowest BCUT2D eigenvalue weighted by Crippen LogP contribution is -2.28. The molecule has 1 atom stereocenters. The third kappa shape index (κ3) is 2.38. The van der Waals surface area contributed by atoms with E-state index >= 15 is 0 Å². The zero-order valence-electron chi connectivity index (χ0n) is 10.9. The summed E-state index contributed by atoms with van der Waals surface area (Å²) in [4.78, 5) is 0. The maximum atomic E-state index is 10.7. The van der Waals surface area contributed by atoms with Gasteiger partial charge in [0.05, 0.1) is 13.3 Å². The minimum absolute atomic E-state index is 0.518. The summed E-state index contributed by atoms with van der Waals surface area (Å²) in [6.45, 7) is 1.78. The molecule has 2 aromatic rings. The summed E-state index contributed by atoms with van der Waals surface area (Å²) in [5, 5.41) is 14.8. The topological polar surface area (TPSA) is 47.3 Å². The number of hydrogen-bond acceptors (Lipinski definition) is 3. The van der Waals surface area contributed by atoms with Crippen molar-refractivity contribution in [1.29, 1.82) is 0 Å². The van der Waals surface area contributed by atoms with E-state index in [0.717, 1.165) is 5.56 Å². The Morgan fingerprint density at radius 2 is 2.00 bits per heavy atom. The van der Waals surface area contributed by atoms with Gasteiger partial charge < -0.3 is 9.84 Å². The van der Waals surface area contributed by atoms with Gasteiger partial charge in [-0.3, -0.25) is 4.68 Å². The number of benzene rings is 1. The Labute approximate surface area is 107 Å². The van der Waals surface area contributed by atoms with E-state index in [-0.39, 0.29) is 0 Å². The zero-order chi connectivity index (χ0) is 13.2. The first-order valence-electron chi connectivity index (χ1n) is 5.87. The summed E-state index contributed by atoms with van der Waals surface area (Å²) < 4.78 is 6.90. The summed E-state index contributed by atoms with van der Waals surface area (Å²) in [6, 6.07) is 9.88. The molecule has 0 aliphatic carbocycles. The van der Waals surface area contributed by atoms with Crippen molar-refractivity contribution in [2.24, 2.45) is 7.05 Å². The first-order chi connectivity index (χ1) is 8.54. The van der Waals surface area contributed by atoms with Crippen molar-refractivity contribution >= 4 is 0 Å². The van der Waals surface area contributed by atoms with E-state index in [0.29, 0.717) is 17.9 Å². The fraction of sp³-hybridized carbons (Fsp3) is 0.357. The summed E-state index contributed by atoms with van der Waals surface area (Å²) in [5.41, 5.74) is 0.748. The van der Waals surface area contributed by atoms with Gasteiger partial charge >= 0.3 is 0 Å². The van der Waals surface area contributed by atoms with Gasteiger partial charge in [0.25, 0.3) is 0 Å². The van der Waals surface area contributed by atoms with Gasteiger partial charge in [0.15, 0.2) is 5.75 Å². The van der Waals surface area contributed by atoms with Crippen LogP contribution in [-0.4, -0.2) is 22.0 Å². The number of aromatic nitrogens is 2. The van der Waals surface area contributed by atoms with Crippen LogP contribution < -0.4 is 4.74 Å². The summed E-state index contributed by atoms with van der Waals surface area (Å²) >= 11 is 0. The van der Waals surface area contributed by atoms with Crippen LogP contribution in [0.15, 0.2) is 36.5 Å². The Morgan fingerprint density at radius 1 is 1.33 bits per heavy atom. The van der Waals surface area contributed by atoms with Crippen LogP contribution in [0.25, 0.3) is 0 Å². The van der Waals surface area contributed by atoms with Gasteiger partial charge in [-0.05, 0) is 12.5 Å². The molecule has 0 radical (unpaired) electrons. The lowest BCUT2D eigenvalue weighted by atomic mass is 9.92. The Kier molecular flexibility index (Phi) is 3.39. The van der Waals surface area contributed by atoms with Crippen LogP contribution in [0.2, 0.25) is 0 Å². The Hall–Kier alpha value is -1.81. The van der Waals surface area contributed by atoms with Crippen LogP contribution in [0.5, 0.6) is 5.75 Å². The summed E-state index contributed by atoms with van der Waals surface area (Å²) in [5.74, 6) is 0.610. The van der Waals surface area contributed by atoms with E-state index in [1.807, 2.05) is 30.3 Å². The molecule has 0 fully saturated rings. The molecule has 0 aliphatic rings. The molecule has 18 heavy (non-hydrogen) atoms. The van der Waals surface area contributed by atoms with Crippen molar-refractivity contribution in [3.8, 4) is 5.75 Å². The van der Waals surface area contributed by atoms with Crippen LogP contribution in [0.4, 0.5) is 0 Å². The maximum Gasteiger partial charge on any atom is 0.162 e. The standard InChI is InChI=1S/C14H18N2O2/c1-14(17,9-11-7-5-4-6-8-11)13-12(18-3)10-15-16(13)2/h4-8,10,17H,9H2,1-3H3. The number of ether oxygens (including phenoxy) is 1. The predicted octanol–water partition coefficient (Wildman–Crippen LogP) is 1.88. The highest BCUT2D eigenvalue weighted by Crippen LogP contribution is 2.31. The van der Waals surface area contributed by atoms with Crippen LogP contribution in [0, 0.1) is 0 Å². The van der Waals surface area contributed by atoms with E-state index in [2.05, 4.69) is 5.10 Å². The van der Waals surface area contributed by atoms with E-state index in [4.69, 9.17) is 4.74 Å². The summed E-state index contributed by atoms with van der Waals surface area (Å²) in [7, 11) is 3.39. The number of hydrogen-bond donors (Lipinski definition) is 1. The van der Waals surface area contributed by atoms with Gasteiger partial charge in [-0.2, -0.15) is 5.10 Å². The highest BCUT2D eigenvalue weighted by molar-refractivity contribution is 5.32. The predicted molar refractivity (Wildman–Crippen MR) is 69.5 cm³/mol. The van der Waals surface area contributed by atoms with Crippen LogP contribution in [0.1, 0.15) is 18.2 Å². The normalized spacial score (nSPS) is 14.2. The van der Waals surface area contributed by atoms with E-state index in [1.165, 1.54) is 0 Å². The molecule has 0 aliphatic heterocycles. The monoisotopic (exact) mass is 246 g/mol. The highest BCUT2D eigenvalue weighted by Gasteiger charge is 2.30. The quantitative estimate of drug-likeness (QED) is 0.896. The number of rotatable bonds is 4. The van der Waals surface area contributed by atoms with E-state index < -0.39 is 5.60 Å². The maximum absolute atomic E-state index is 10.7. The van der Waals surface area contributed by atoms with Gasteiger partial charge in [-0.1, -0.05) is 30.3 Å². The molecule has 1 aromatic carbocycles. The SMILES string of the molecule is COc1cnn(C)c1C(C)(O)Cc1ccccc1. The van der Waals surface area contributed by atoms with Gasteiger partial charge in [-0.15, -0.1) is 0 Å². The second-order valence-corrected chi connectivity index (χ2v) is 4.62. The molecular weight excluding hydrogens is 228 g/mol. The molecule has 0 amide bonds. The first kappa shape index (κ1) is 12.6. The molecule has 2 rings (SSSR count). The molecule has 0 saturated carbocycles. The number of methoxy groups -OCH3 is 1. The van der Waals surface area contributed by atoms with Crippen molar-refractivity contribution < 1.29 is 9.84 Å². The van der Waals surface area contributed by atoms with Gasteiger partial charge in [-0.25, -0.2) is 0 Å². The average molecular weight is 246 g/mol. The minimum Gasteiger partial charge on any atom is -0.493 e. The number of aliphatic hydroxyl groups is 1. The van der Waals surface area contributed by atoms with Crippen LogP contribution in [-0.2, 0) is 19.1 Å². The van der Waals surface area contributed by atoms with Gasteiger partial charge in [0.2, 0.25) is 0 Å². The smallest absolute Gasteiger partial charge is 0.162 e. The minimum atomic E-state index is -1.02. The van der Waals surface area contributed by atoms with E-state index in [1.54, 1.807) is 32.0 Å². The number of nitrogens with zero attached hydrogens (tertiary/aromatic N) is 2.